The van der Waals surface area contributed by atoms with Gasteiger partial charge in [0.15, 0.2) is 0 Å². The summed E-state index contributed by atoms with van der Waals surface area (Å²) in [5.41, 5.74) is 5.54. The van der Waals surface area contributed by atoms with Crippen molar-refractivity contribution >= 4 is 11.8 Å². The summed E-state index contributed by atoms with van der Waals surface area (Å²) in [6.45, 7) is 6.78. The molecule has 7 nitrogen and oxygen atoms in total. The number of piperidine rings is 1. The maximum absolute atomic E-state index is 15.5. The minimum absolute atomic E-state index is 0.135. The number of para-hydroxylation sites is 1. The van der Waals surface area contributed by atoms with E-state index in [0.717, 1.165) is 58.8 Å². The number of carbonyl (C=O) groups excluding carboxylic acids is 1. The van der Waals surface area contributed by atoms with E-state index in [0.29, 0.717) is 30.9 Å². The zero-order valence-electron chi connectivity index (χ0n) is 23.6. The van der Waals surface area contributed by atoms with Crippen LogP contribution in [0.2, 0.25) is 0 Å². The average molecular weight is 546 g/mol. The maximum Gasteiger partial charge on any atom is 0.314 e. The number of ether oxygens (including phenoxy) is 3. The van der Waals surface area contributed by atoms with Crippen molar-refractivity contribution in [3.63, 3.8) is 0 Å². The van der Waals surface area contributed by atoms with Gasteiger partial charge in [-0.2, -0.15) is 0 Å². The van der Waals surface area contributed by atoms with Gasteiger partial charge in [-0.3, -0.25) is 4.79 Å². The van der Waals surface area contributed by atoms with Crippen LogP contribution in [-0.4, -0.2) is 50.9 Å². The first kappa shape index (κ1) is 26.7. The number of aromatic nitrogens is 1. The zero-order valence-corrected chi connectivity index (χ0v) is 23.6. The van der Waals surface area contributed by atoms with Crippen LogP contribution in [0.4, 0.5) is 10.2 Å². The Morgan fingerprint density at radius 2 is 1.98 bits per heavy atom. The fourth-order valence-corrected chi connectivity index (χ4v) is 6.80. The van der Waals surface area contributed by atoms with E-state index in [4.69, 9.17) is 19.2 Å². The second kappa shape index (κ2) is 10.5. The third-order valence-electron chi connectivity index (χ3n) is 8.95. The number of hydrogen-bond donors (Lipinski definition) is 1. The summed E-state index contributed by atoms with van der Waals surface area (Å²) in [7, 11) is 3.11. The van der Waals surface area contributed by atoms with Crippen molar-refractivity contribution in [1.29, 1.82) is 0 Å². The molecule has 8 heteroatoms. The zero-order chi connectivity index (χ0) is 28.0. The van der Waals surface area contributed by atoms with Crippen LogP contribution in [0.1, 0.15) is 34.2 Å². The van der Waals surface area contributed by atoms with Gasteiger partial charge in [0.2, 0.25) is 0 Å². The lowest BCUT2D eigenvalue weighted by Gasteiger charge is -2.31. The SMILES string of the molecule is COC[C@H]1N(c2cccc(-c3cccc(C)c3OCc3cc(C)c4c(c3F)CCNC4)n2)C[C@@H]2C[C@@]21C(=O)OC. The number of nitrogens with one attached hydrogen (secondary N) is 1. The first-order chi connectivity index (χ1) is 19.4. The number of anilines is 1. The molecule has 1 aliphatic carbocycles. The molecular weight excluding hydrogens is 509 g/mol. The number of rotatable bonds is 8. The molecule has 1 N–H and O–H groups in total. The van der Waals surface area contributed by atoms with Crippen molar-refractivity contribution in [2.75, 3.05) is 38.8 Å². The van der Waals surface area contributed by atoms with Crippen LogP contribution in [-0.2, 0) is 33.8 Å². The monoisotopic (exact) mass is 545 g/mol. The van der Waals surface area contributed by atoms with Crippen LogP contribution >= 0.6 is 0 Å². The van der Waals surface area contributed by atoms with Gasteiger partial charge in [-0.25, -0.2) is 9.37 Å². The third kappa shape index (κ3) is 4.34. The molecule has 1 saturated carbocycles. The van der Waals surface area contributed by atoms with Gasteiger partial charge in [0, 0.05) is 31.3 Å². The van der Waals surface area contributed by atoms with Gasteiger partial charge in [-0.1, -0.05) is 18.2 Å². The summed E-state index contributed by atoms with van der Waals surface area (Å²) < 4.78 is 32.5. The molecule has 1 saturated heterocycles. The lowest BCUT2D eigenvalue weighted by molar-refractivity contribution is -0.148. The molecule has 3 heterocycles. The van der Waals surface area contributed by atoms with Crippen molar-refractivity contribution in [1.82, 2.24) is 10.3 Å². The number of fused-ring (bicyclic) bond motifs is 2. The van der Waals surface area contributed by atoms with Gasteiger partial charge in [-0.15, -0.1) is 0 Å². The normalized spacial score (nSPS) is 23.0. The molecule has 3 atom stereocenters. The van der Waals surface area contributed by atoms with Crippen molar-refractivity contribution in [2.24, 2.45) is 11.3 Å². The first-order valence-corrected chi connectivity index (χ1v) is 13.9. The van der Waals surface area contributed by atoms with Gasteiger partial charge in [0.1, 0.15) is 24.0 Å². The van der Waals surface area contributed by atoms with E-state index in [1.54, 1.807) is 7.11 Å². The third-order valence-corrected chi connectivity index (χ3v) is 8.95. The highest BCUT2D eigenvalue weighted by molar-refractivity contribution is 5.84. The Labute approximate surface area is 234 Å². The molecule has 2 aliphatic heterocycles. The lowest BCUT2D eigenvalue weighted by atomic mass is 9.93. The highest BCUT2D eigenvalue weighted by Crippen LogP contribution is 2.62. The fraction of sp³-hybridized carbons (Fsp3) is 0.438. The van der Waals surface area contributed by atoms with Gasteiger partial charge in [0.25, 0.3) is 0 Å². The molecule has 3 aliphatic rings. The summed E-state index contributed by atoms with van der Waals surface area (Å²) in [6.07, 6.45) is 1.50. The molecule has 6 rings (SSSR count). The topological polar surface area (TPSA) is 72.9 Å². The molecule has 0 spiro atoms. The number of nitrogens with zero attached hydrogens (tertiary/aromatic N) is 2. The van der Waals surface area contributed by atoms with Crippen molar-refractivity contribution in [2.45, 2.75) is 45.9 Å². The number of methoxy groups -OCH3 is 2. The van der Waals surface area contributed by atoms with Crippen LogP contribution in [0.3, 0.4) is 0 Å². The van der Waals surface area contributed by atoms with Gasteiger partial charge in [0.05, 0.1) is 30.9 Å². The Morgan fingerprint density at radius 1 is 1.15 bits per heavy atom. The molecule has 0 radical (unpaired) electrons. The highest BCUT2D eigenvalue weighted by atomic mass is 19.1. The van der Waals surface area contributed by atoms with E-state index in [1.165, 1.54) is 7.11 Å². The highest BCUT2D eigenvalue weighted by Gasteiger charge is 2.71. The largest absolute Gasteiger partial charge is 0.488 e. The molecule has 3 aromatic rings. The molecule has 0 bridgehead atoms. The lowest BCUT2D eigenvalue weighted by Crippen LogP contribution is -2.44. The molecule has 1 aromatic heterocycles. The number of benzene rings is 2. The van der Waals surface area contributed by atoms with E-state index in [9.17, 15) is 4.79 Å². The summed E-state index contributed by atoms with van der Waals surface area (Å²) in [5.74, 6) is 1.37. The molecule has 40 heavy (non-hydrogen) atoms. The first-order valence-electron chi connectivity index (χ1n) is 13.9. The molecule has 0 amide bonds. The second-order valence-electron chi connectivity index (χ2n) is 11.2. The second-order valence-corrected chi connectivity index (χ2v) is 11.2. The van der Waals surface area contributed by atoms with Crippen LogP contribution in [0.5, 0.6) is 5.75 Å². The van der Waals surface area contributed by atoms with Gasteiger partial charge < -0.3 is 24.4 Å². The predicted octanol–water partition coefficient (Wildman–Crippen LogP) is 4.74. The van der Waals surface area contributed by atoms with Crippen molar-refractivity contribution in [3.05, 3.63) is 76.1 Å². The predicted molar refractivity (Wildman–Crippen MR) is 151 cm³/mol. The summed E-state index contributed by atoms with van der Waals surface area (Å²) in [6, 6.07) is 13.6. The number of esters is 1. The molecule has 0 unspecified atom stereocenters. The van der Waals surface area contributed by atoms with E-state index in [-0.39, 0.29) is 30.4 Å². The fourth-order valence-electron chi connectivity index (χ4n) is 6.80. The van der Waals surface area contributed by atoms with Gasteiger partial charge >= 0.3 is 5.97 Å². The number of hydrogen-bond acceptors (Lipinski definition) is 7. The number of halogens is 1. The molecule has 2 aromatic carbocycles. The maximum atomic E-state index is 15.5. The summed E-state index contributed by atoms with van der Waals surface area (Å²) in [4.78, 5) is 20.0. The van der Waals surface area contributed by atoms with Crippen molar-refractivity contribution in [3.8, 4) is 17.0 Å². The Balaban J connectivity index is 1.30. The Kier molecular flexibility index (Phi) is 7.00. The quantitative estimate of drug-likeness (QED) is 0.410. The van der Waals surface area contributed by atoms with Crippen LogP contribution in [0, 0.1) is 31.0 Å². The summed E-state index contributed by atoms with van der Waals surface area (Å²) >= 11 is 0. The number of carbonyl (C=O) groups is 1. The Hall–Kier alpha value is -3.49. The molecule has 210 valence electrons. The van der Waals surface area contributed by atoms with E-state index in [1.807, 2.05) is 56.3 Å². The standard InChI is InChI=1S/C32H36FN3O4/c1-19-7-5-8-24(30(19)40-17-21-13-20(2)25-15-34-12-11-23(25)29(21)33)26-9-6-10-28(35-26)36-16-22-14-32(22,31(37)39-4)27(36)18-38-3/h5-10,13,22,27,34H,11-12,14-18H2,1-4H3/t22-,27+,32+/m0/s1. The van der Waals surface area contributed by atoms with Crippen LogP contribution < -0.4 is 15.0 Å². The van der Waals surface area contributed by atoms with E-state index in [2.05, 4.69) is 10.2 Å². The average Bonchev–Trinajstić information content (AvgIpc) is 3.62. The van der Waals surface area contributed by atoms with E-state index < -0.39 is 5.41 Å². The van der Waals surface area contributed by atoms with Crippen LogP contribution in [0.25, 0.3) is 11.3 Å². The summed E-state index contributed by atoms with van der Waals surface area (Å²) in [5, 5.41) is 3.33. The smallest absolute Gasteiger partial charge is 0.314 e. The Morgan fingerprint density at radius 3 is 2.77 bits per heavy atom. The molecule has 2 fully saturated rings. The number of aryl methyl sites for hydroxylation is 2. The Bertz CT molecular complexity index is 1460. The number of pyridine rings is 1. The van der Waals surface area contributed by atoms with Crippen molar-refractivity contribution < 1.29 is 23.4 Å². The minimum atomic E-state index is -0.535. The van der Waals surface area contributed by atoms with E-state index >= 15 is 4.39 Å². The minimum Gasteiger partial charge on any atom is -0.488 e. The molecular formula is C32H36FN3O4. The van der Waals surface area contributed by atoms with Crippen LogP contribution in [0.15, 0.2) is 42.5 Å². The van der Waals surface area contributed by atoms with Gasteiger partial charge in [-0.05, 0) is 85.7 Å².